The van der Waals surface area contributed by atoms with Crippen LogP contribution in [0, 0.1) is 15.5 Å². The third-order valence-corrected chi connectivity index (χ3v) is 2.68. The topological polar surface area (TPSA) is 98.3 Å². The van der Waals surface area contributed by atoms with Gasteiger partial charge in [0, 0.05) is 25.2 Å². The number of non-ortho nitro benzene ring substituents is 1. The fraction of sp³-hybridized carbons (Fsp3) is 0.417. The molecule has 0 atom stereocenters. The third-order valence-electron chi connectivity index (χ3n) is 2.68. The van der Waals surface area contributed by atoms with Crippen molar-refractivity contribution in [2.45, 2.75) is 20.4 Å². The highest BCUT2D eigenvalue weighted by Gasteiger charge is 2.24. The molecule has 0 bridgehead atoms. The molecule has 6 heteroatoms. The van der Waals surface area contributed by atoms with Crippen LogP contribution >= 0.6 is 0 Å². The predicted molar refractivity (Wildman–Crippen MR) is 67.8 cm³/mol. The number of hydrogen-bond acceptors (Lipinski definition) is 4. The summed E-state index contributed by atoms with van der Waals surface area (Å²) in [6.07, 6.45) is 0. The summed E-state index contributed by atoms with van der Waals surface area (Å²) in [5.41, 5.74) is 5.46. The number of nitro benzene ring substituents is 1. The van der Waals surface area contributed by atoms with Gasteiger partial charge in [0.05, 0.1) is 10.3 Å². The van der Waals surface area contributed by atoms with E-state index in [0.29, 0.717) is 13.1 Å². The lowest BCUT2D eigenvalue weighted by atomic mass is 9.93. The Kier molecular flexibility index (Phi) is 4.38. The lowest BCUT2D eigenvalue weighted by Crippen LogP contribution is -2.40. The van der Waals surface area contributed by atoms with Crippen LogP contribution in [0.3, 0.4) is 0 Å². The number of primary amides is 1. The molecule has 0 aliphatic rings. The van der Waals surface area contributed by atoms with Crippen LogP contribution < -0.4 is 11.1 Å². The highest BCUT2D eigenvalue weighted by atomic mass is 16.6. The third kappa shape index (κ3) is 3.81. The number of nitrogens with two attached hydrogens (primary N) is 1. The highest BCUT2D eigenvalue weighted by molar-refractivity contribution is 5.80. The van der Waals surface area contributed by atoms with E-state index in [0.717, 1.165) is 5.56 Å². The van der Waals surface area contributed by atoms with E-state index in [1.807, 2.05) is 0 Å². The quantitative estimate of drug-likeness (QED) is 0.586. The number of carbonyl (C=O) groups excluding carboxylic acids is 1. The van der Waals surface area contributed by atoms with E-state index in [4.69, 9.17) is 5.73 Å². The second kappa shape index (κ2) is 5.59. The summed E-state index contributed by atoms with van der Waals surface area (Å²) in [7, 11) is 0. The van der Waals surface area contributed by atoms with Gasteiger partial charge in [-0.3, -0.25) is 14.9 Å². The Bertz CT molecular complexity index is 458. The minimum atomic E-state index is -0.638. The number of nitro groups is 1. The molecule has 0 aliphatic carbocycles. The standard InChI is InChI=1S/C12H17N3O3/c1-12(2,11(13)16)8-14-7-9-4-3-5-10(6-9)15(17)18/h3-6,14H,7-8H2,1-2H3,(H2,13,16). The van der Waals surface area contributed by atoms with E-state index in [9.17, 15) is 14.9 Å². The predicted octanol–water partition coefficient (Wildman–Crippen LogP) is 1.20. The van der Waals surface area contributed by atoms with Crippen molar-refractivity contribution >= 4 is 11.6 Å². The molecule has 0 aromatic heterocycles. The first-order valence-corrected chi connectivity index (χ1v) is 5.57. The highest BCUT2D eigenvalue weighted by Crippen LogP contribution is 2.14. The van der Waals surface area contributed by atoms with Crippen LogP contribution in [0.15, 0.2) is 24.3 Å². The molecule has 0 aliphatic heterocycles. The molecular weight excluding hydrogens is 234 g/mol. The Morgan fingerprint density at radius 2 is 2.17 bits per heavy atom. The molecule has 0 spiro atoms. The summed E-state index contributed by atoms with van der Waals surface area (Å²) in [6.45, 7) is 4.37. The molecule has 1 aromatic carbocycles. The van der Waals surface area contributed by atoms with Gasteiger partial charge < -0.3 is 11.1 Å². The van der Waals surface area contributed by atoms with Crippen LogP contribution in [0.1, 0.15) is 19.4 Å². The summed E-state index contributed by atoms with van der Waals surface area (Å²) >= 11 is 0. The van der Waals surface area contributed by atoms with Gasteiger partial charge in [-0.05, 0) is 19.4 Å². The Morgan fingerprint density at radius 1 is 1.50 bits per heavy atom. The van der Waals surface area contributed by atoms with Crippen molar-refractivity contribution < 1.29 is 9.72 Å². The molecule has 0 radical (unpaired) electrons. The minimum Gasteiger partial charge on any atom is -0.369 e. The van der Waals surface area contributed by atoms with Crippen LogP contribution in [-0.2, 0) is 11.3 Å². The summed E-state index contributed by atoms with van der Waals surface area (Å²) in [5.74, 6) is -0.381. The SMILES string of the molecule is CC(C)(CNCc1cccc([N+](=O)[O-])c1)C(N)=O. The number of benzene rings is 1. The maximum absolute atomic E-state index is 11.1. The van der Waals surface area contributed by atoms with E-state index >= 15 is 0 Å². The lowest BCUT2D eigenvalue weighted by Gasteiger charge is -2.20. The molecule has 0 fully saturated rings. The van der Waals surface area contributed by atoms with Crippen molar-refractivity contribution in [3.63, 3.8) is 0 Å². The zero-order chi connectivity index (χ0) is 13.8. The van der Waals surface area contributed by atoms with Crippen molar-refractivity contribution in [2.24, 2.45) is 11.1 Å². The largest absolute Gasteiger partial charge is 0.369 e. The van der Waals surface area contributed by atoms with Gasteiger partial charge in [0.2, 0.25) is 5.91 Å². The first kappa shape index (κ1) is 14.1. The Morgan fingerprint density at radius 3 is 2.72 bits per heavy atom. The maximum Gasteiger partial charge on any atom is 0.269 e. The monoisotopic (exact) mass is 251 g/mol. The molecule has 0 heterocycles. The average Bonchev–Trinajstić information content (AvgIpc) is 2.29. The molecular formula is C12H17N3O3. The van der Waals surface area contributed by atoms with Crippen molar-refractivity contribution in [3.8, 4) is 0 Å². The van der Waals surface area contributed by atoms with Gasteiger partial charge >= 0.3 is 0 Å². The molecule has 98 valence electrons. The number of nitrogens with one attached hydrogen (secondary N) is 1. The second-order valence-electron chi connectivity index (χ2n) is 4.78. The van der Waals surface area contributed by atoms with Gasteiger partial charge in [-0.1, -0.05) is 12.1 Å². The normalized spacial score (nSPS) is 11.2. The van der Waals surface area contributed by atoms with Crippen LogP contribution in [0.4, 0.5) is 5.69 Å². The molecule has 0 saturated carbocycles. The lowest BCUT2D eigenvalue weighted by molar-refractivity contribution is -0.384. The van der Waals surface area contributed by atoms with Gasteiger partial charge in [0.1, 0.15) is 0 Å². The number of hydrogen-bond donors (Lipinski definition) is 2. The second-order valence-corrected chi connectivity index (χ2v) is 4.78. The van der Waals surface area contributed by atoms with E-state index in [-0.39, 0.29) is 11.6 Å². The van der Waals surface area contributed by atoms with Gasteiger partial charge in [-0.2, -0.15) is 0 Å². The van der Waals surface area contributed by atoms with E-state index < -0.39 is 10.3 Å². The van der Waals surface area contributed by atoms with Crippen LogP contribution in [0.25, 0.3) is 0 Å². The van der Waals surface area contributed by atoms with E-state index in [2.05, 4.69) is 5.32 Å². The van der Waals surface area contributed by atoms with Crippen LogP contribution in [0.5, 0.6) is 0 Å². The summed E-state index contributed by atoms with van der Waals surface area (Å²) in [6, 6.07) is 6.37. The molecule has 0 unspecified atom stereocenters. The van der Waals surface area contributed by atoms with Crippen LogP contribution in [0.2, 0.25) is 0 Å². The Labute approximate surface area is 105 Å². The van der Waals surface area contributed by atoms with Crippen molar-refractivity contribution in [2.75, 3.05) is 6.54 Å². The van der Waals surface area contributed by atoms with Gasteiger partial charge in [-0.15, -0.1) is 0 Å². The maximum atomic E-state index is 11.1. The summed E-state index contributed by atoms with van der Waals surface area (Å²) in [4.78, 5) is 21.3. The number of amides is 1. The smallest absolute Gasteiger partial charge is 0.269 e. The van der Waals surface area contributed by atoms with Gasteiger partial charge in [-0.25, -0.2) is 0 Å². The van der Waals surface area contributed by atoms with Crippen LogP contribution in [-0.4, -0.2) is 17.4 Å². The molecule has 6 nitrogen and oxygen atoms in total. The fourth-order valence-electron chi connectivity index (χ4n) is 1.39. The van der Waals surface area contributed by atoms with Crippen molar-refractivity contribution in [3.05, 3.63) is 39.9 Å². The van der Waals surface area contributed by atoms with Gasteiger partial charge in [0.25, 0.3) is 5.69 Å². The molecule has 3 N–H and O–H groups in total. The van der Waals surface area contributed by atoms with Crippen molar-refractivity contribution in [1.82, 2.24) is 5.32 Å². The molecule has 1 aromatic rings. The summed E-state index contributed by atoms with van der Waals surface area (Å²) < 4.78 is 0. The zero-order valence-electron chi connectivity index (χ0n) is 10.5. The first-order chi connectivity index (χ1) is 8.33. The molecule has 1 amide bonds. The Balaban J connectivity index is 2.57. The summed E-state index contributed by atoms with van der Waals surface area (Å²) in [5, 5.41) is 13.7. The first-order valence-electron chi connectivity index (χ1n) is 5.57. The number of rotatable bonds is 6. The fourth-order valence-corrected chi connectivity index (χ4v) is 1.39. The van der Waals surface area contributed by atoms with Gasteiger partial charge in [0.15, 0.2) is 0 Å². The zero-order valence-corrected chi connectivity index (χ0v) is 10.5. The van der Waals surface area contributed by atoms with Crippen molar-refractivity contribution in [1.29, 1.82) is 0 Å². The number of carbonyl (C=O) groups is 1. The average molecular weight is 251 g/mol. The van der Waals surface area contributed by atoms with E-state index in [1.165, 1.54) is 12.1 Å². The molecule has 1 rings (SSSR count). The molecule has 18 heavy (non-hydrogen) atoms. The molecule has 0 saturated heterocycles. The Hall–Kier alpha value is -1.95. The number of nitrogens with zero attached hydrogens (tertiary/aromatic N) is 1. The minimum absolute atomic E-state index is 0.0588. The van der Waals surface area contributed by atoms with E-state index in [1.54, 1.807) is 26.0 Å².